The minimum absolute atomic E-state index is 0.111. The first kappa shape index (κ1) is 19.5. The lowest BCUT2D eigenvalue weighted by atomic mass is 10.0. The third-order valence-corrected chi connectivity index (χ3v) is 6.70. The number of rotatable bonds is 7. The SMILES string of the molecule is CC(C)c1ccc(-n2ccnc2SCC(=O)NC2CCN(C3CC3)CC2)cc1. The number of carbonyl (C=O) groups is 1. The van der Waals surface area contributed by atoms with Crippen LogP contribution in [0.15, 0.2) is 41.8 Å². The predicted octanol–water partition coefficient (Wildman–Crippen LogP) is 3.83. The van der Waals surface area contributed by atoms with Gasteiger partial charge in [-0.3, -0.25) is 9.36 Å². The highest BCUT2D eigenvalue weighted by Crippen LogP contribution is 2.29. The Morgan fingerprint density at radius 2 is 1.89 bits per heavy atom. The quantitative estimate of drug-likeness (QED) is 0.720. The molecule has 0 unspecified atom stereocenters. The standard InChI is InChI=1S/C22H30N4OS/c1-16(2)17-3-5-20(6-4-17)26-14-11-23-22(26)28-15-21(27)24-18-9-12-25(13-10-18)19-7-8-19/h3-6,11,14,16,18-19H,7-10,12-13,15H2,1-2H3,(H,24,27). The maximum absolute atomic E-state index is 12.4. The third-order valence-electron chi connectivity index (χ3n) is 5.74. The monoisotopic (exact) mass is 398 g/mol. The van der Waals surface area contributed by atoms with Crippen LogP contribution in [0.25, 0.3) is 5.69 Å². The second kappa shape index (κ2) is 8.70. The molecular weight excluding hydrogens is 368 g/mol. The molecule has 0 atom stereocenters. The largest absolute Gasteiger partial charge is 0.353 e. The zero-order chi connectivity index (χ0) is 19.5. The number of hydrogen-bond acceptors (Lipinski definition) is 4. The minimum atomic E-state index is 0.111. The van der Waals surface area contributed by atoms with Gasteiger partial charge in [0, 0.05) is 43.3 Å². The van der Waals surface area contributed by atoms with E-state index in [0.717, 1.165) is 42.8 Å². The Morgan fingerprint density at radius 3 is 2.54 bits per heavy atom. The Labute approximate surface area is 171 Å². The highest BCUT2D eigenvalue weighted by Gasteiger charge is 2.32. The van der Waals surface area contributed by atoms with E-state index < -0.39 is 0 Å². The van der Waals surface area contributed by atoms with Gasteiger partial charge in [-0.25, -0.2) is 4.98 Å². The number of nitrogens with one attached hydrogen (secondary N) is 1. The van der Waals surface area contributed by atoms with Crippen molar-refractivity contribution in [1.82, 2.24) is 19.8 Å². The maximum Gasteiger partial charge on any atom is 0.230 e. The molecule has 1 aromatic carbocycles. The second-order valence-corrected chi connectivity index (χ2v) is 9.17. The van der Waals surface area contributed by atoms with Crippen LogP contribution in [0.4, 0.5) is 0 Å². The van der Waals surface area contributed by atoms with E-state index >= 15 is 0 Å². The number of likely N-dealkylation sites (tertiary alicyclic amines) is 1. The average molecular weight is 399 g/mol. The molecule has 1 aromatic heterocycles. The van der Waals surface area contributed by atoms with Crippen molar-refractivity contribution in [1.29, 1.82) is 0 Å². The van der Waals surface area contributed by atoms with Crippen molar-refractivity contribution in [3.8, 4) is 5.69 Å². The number of hydrogen-bond donors (Lipinski definition) is 1. The van der Waals surface area contributed by atoms with Crippen LogP contribution in [0, 0.1) is 0 Å². The molecule has 2 fully saturated rings. The van der Waals surface area contributed by atoms with Crippen molar-refractivity contribution in [3.63, 3.8) is 0 Å². The Hall–Kier alpha value is -1.79. The van der Waals surface area contributed by atoms with Gasteiger partial charge in [0.2, 0.25) is 5.91 Å². The topological polar surface area (TPSA) is 50.2 Å². The smallest absolute Gasteiger partial charge is 0.230 e. The second-order valence-electron chi connectivity index (χ2n) is 8.22. The van der Waals surface area contributed by atoms with E-state index in [2.05, 4.69) is 57.9 Å². The number of thioether (sulfide) groups is 1. The first-order chi connectivity index (χ1) is 13.6. The van der Waals surface area contributed by atoms with Gasteiger partial charge < -0.3 is 10.2 Å². The molecule has 5 nitrogen and oxygen atoms in total. The Morgan fingerprint density at radius 1 is 1.18 bits per heavy atom. The van der Waals surface area contributed by atoms with Gasteiger partial charge in [0.05, 0.1) is 5.75 Å². The number of amides is 1. The molecule has 1 aliphatic carbocycles. The summed E-state index contributed by atoms with van der Waals surface area (Å²) >= 11 is 1.50. The van der Waals surface area contributed by atoms with Crippen LogP contribution < -0.4 is 5.32 Å². The van der Waals surface area contributed by atoms with Gasteiger partial charge in [0.25, 0.3) is 0 Å². The summed E-state index contributed by atoms with van der Waals surface area (Å²) in [6.45, 7) is 6.64. The molecule has 150 valence electrons. The van der Waals surface area contributed by atoms with Gasteiger partial charge in [0.1, 0.15) is 0 Å². The molecule has 1 saturated heterocycles. The van der Waals surface area contributed by atoms with Crippen LogP contribution in [0.2, 0.25) is 0 Å². The molecule has 1 N–H and O–H groups in total. The molecule has 1 saturated carbocycles. The summed E-state index contributed by atoms with van der Waals surface area (Å²) in [4.78, 5) is 19.4. The molecule has 0 bridgehead atoms. The van der Waals surface area contributed by atoms with E-state index in [-0.39, 0.29) is 5.91 Å². The van der Waals surface area contributed by atoms with Crippen molar-refractivity contribution < 1.29 is 4.79 Å². The van der Waals surface area contributed by atoms with Crippen LogP contribution in [0.5, 0.6) is 0 Å². The van der Waals surface area contributed by atoms with Crippen LogP contribution in [-0.4, -0.2) is 51.3 Å². The van der Waals surface area contributed by atoms with Gasteiger partial charge in [0.15, 0.2) is 5.16 Å². The highest BCUT2D eigenvalue weighted by molar-refractivity contribution is 7.99. The highest BCUT2D eigenvalue weighted by atomic mass is 32.2. The van der Waals surface area contributed by atoms with E-state index in [1.807, 2.05) is 6.20 Å². The lowest BCUT2D eigenvalue weighted by Gasteiger charge is -2.32. The van der Waals surface area contributed by atoms with Gasteiger partial charge in [-0.2, -0.15) is 0 Å². The predicted molar refractivity (Wildman–Crippen MR) is 114 cm³/mol. The molecule has 4 rings (SSSR count). The number of piperidine rings is 1. The van der Waals surface area contributed by atoms with Crippen LogP contribution in [-0.2, 0) is 4.79 Å². The third kappa shape index (κ3) is 4.78. The summed E-state index contributed by atoms with van der Waals surface area (Å²) in [7, 11) is 0. The first-order valence-electron chi connectivity index (χ1n) is 10.4. The van der Waals surface area contributed by atoms with Crippen LogP contribution in [0.1, 0.15) is 51.0 Å². The molecule has 2 aromatic rings. The Balaban J connectivity index is 1.28. The molecule has 0 spiro atoms. The van der Waals surface area contributed by atoms with E-state index in [4.69, 9.17) is 0 Å². The molecule has 2 aliphatic rings. The van der Waals surface area contributed by atoms with E-state index in [1.165, 1.54) is 30.2 Å². The van der Waals surface area contributed by atoms with Crippen LogP contribution in [0.3, 0.4) is 0 Å². The normalized spacial score (nSPS) is 18.5. The molecule has 0 radical (unpaired) electrons. The molecule has 1 amide bonds. The molecular formula is C22H30N4OS. The number of carbonyl (C=O) groups excluding carboxylic acids is 1. The van der Waals surface area contributed by atoms with Gasteiger partial charge in [-0.05, 0) is 49.3 Å². The van der Waals surface area contributed by atoms with Crippen LogP contribution >= 0.6 is 11.8 Å². The fourth-order valence-electron chi connectivity index (χ4n) is 3.86. The van der Waals surface area contributed by atoms with Crippen molar-refractivity contribution in [2.24, 2.45) is 0 Å². The van der Waals surface area contributed by atoms with Gasteiger partial charge >= 0.3 is 0 Å². The van der Waals surface area contributed by atoms with Gasteiger partial charge in [-0.15, -0.1) is 0 Å². The summed E-state index contributed by atoms with van der Waals surface area (Å²) in [5, 5.41) is 4.07. The summed E-state index contributed by atoms with van der Waals surface area (Å²) in [5.41, 5.74) is 2.41. The zero-order valence-electron chi connectivity index (χ0n) is 16.8. The molecule has 6 heteroatoms. The summed E-state index contributed by atoms with van der Waals surface area (Å²) in [5.74, 6) is 1.04. The number of benzene rings is 1. The summed E-state index contributed by atoms with van der Waals surface area (Å²) in [6, 6.07) is 9.72. The van der Waals surface area contributed by atoms with Crippen molar-refractivity contribution >= 4 is 17.7 Å². The Bertz CT molecular complexity index is 789. The minimum Gasteiger partial charge on any atom is -0.353 e. The number of nitrogens with zero attached hydrogens (tertiary/aromatic N) is 3. The molecule has 28 heavy (non-hydrogen) atoms. The average Bonchev–Trinajstić information content (AvgIpc) is 3.45. The number of aromatic nitrogens is 2. The Kier molecular flexibility index (Phi) is 6.07. The lowest BCUT2D eigenvalue weighted by Crippen LogP contribution is -2.45. The zero-order valence-corrected chi connectivity index (χ0v) is 17.6. The van der Waals surface area contributed by atoms with Crippen molar-refractivity contribution in [2.75, 3.05) is 18.8 Å². The fourth-order valence-corrected chi connectivity index (χ4v) is 4.65. The lowest BCUT2D eigenvalue weighted by molar-refractivity contribution is -0.119. The van der Waals surface area contributed by atoms with Crippen molar-refractivity contribution in [3.05, 3.63) is 42.2 Å². The van der Waals surface area contributed by atoms with E-state index in [1.54, 1.807) is 6.20 Å². The van der Waals surface area contributed by atoms with Crippen molar-refractivity contribution in [2.45, 2.75) is 62.7 Å². The van der Waals surface area contributed by atoms with Gasteiger partial charge in [-0.1, -0.05) is 37.7 Å². The first-order valence-corrected chi connectivity index (χ1v) is 11.4. The van der Waals surface area contributed by atoms with E-state index in [9.17, 15) is 4.79 Å². The van der Waals surface area contributed by atoms with E-state index in [0.29, 0.717) is 17.7 Å². The number of imidazole rings is 1. The fraction of sp³-hybridized carbons (Fsp3) is 0.545. The molecule has 2 heterocycles. The maximum atomic E-state index is 12.4. The molecule has 1 aliphatic heterocycles. The summed E-state index contributed by atoms with van der Waals surface area (Å²) in [6.07, 6.45) is 8.62. The summed E-state index contributed by atoms with van der Waals surface area (Å²) < 4.78 is 2.05.